The van der Waals surface area contributed by atoms with E-state index in [-0.39, 0.29) is 35.4 Å². The van der Waals surface area contributed by atoms with Gasteiger partial charge in [-0.3, -0.25) is 14.4 Å². The molecule has 2 atom stereocenters. The first-order valence-corrected chi connectivity index (χ1v) is 14.2. The first-order chi connectivity index (χ1) is 17.3. The Labute approximate surface area is 215 Å². The lowest BCUT2D eigenvalue weighted by Crippen LogP contribution is -2.57. The summed E-state index contributed by atoms with van der Waals surface area (Å²) in [7, 11) is 0. The number of ether oxygens (including phenoxy) is 1. The molecule has 2 aliphatic heterocycles. The maximum atomic E-state index is 13.3. The Bertz CT molecular complexity index is 971. The van der Waals surface area contributed by atoms with Crippen LogP contribution in [0.15, 0.2) is 24.3 Å². The summed E-state index contributed by atoms with van der Waals surface area (Å²) < 4.78 is 5.37. The maximum Gasteiger partial charge on any atom is 0.251 e. The number of hydrogen-bond acceptors (Lipinski definition) is 4. The Morgan fingerprint density at radius 1 is 1.03 bits per heavy atom. The normalized spacial score (nSPS) is 25.2. The lowest BCUT2D eigenvalue weighted by molar-refractivity contribution is -0.189. The highest BCUT2D eigenvalue weighted by Gasteiger charge is 2.53. The molecule has 196 valence electrons. The molecule has 2 heterocycles. The second-order valence-electron chi connectivity index (χ2n) is 12.3. The van der Waals surface area contributed by atoms with Gasteiger partial charge in [-0.1, -0.05) is 45.2 Å². The molecule has 0 bridgehead atoms. The van der Waals surface area contributed by atoms with Crippen LogP contribution in [0.1, 0.15) is 93.5 Å². The first-order valence-electron chi connectivity index (χ1n) is 14.2. The van der Waals surface area contributed by atoms with Crippen molar-refractivity contribution in [1.29, 1.82) is 0 Å². The quantitative estimate of drug-likeness (QED) is 0.595. The van der Waals surface area contributed by atoms with Gasteiger partial charge in [0.1, 0.15) is 0 Å². The Hall–Kier alpha value is -2.21. The first kappa shape index (κ1) is 25.4. The second kappa shape index (κ2) is 10.6. The van der Waals surface area contributed by atoms with Gasteiger partial charge in [0.25, 0.3) is 5.91 Å². The summed E-state index contributed by atoms with van der Waals surface area (Å²) in [6, 6.07) is 7.44. The van der Waals surface area contributed by atoms with Gasteiger partial charge in [-0.05, 0) is 62.1 Å². The van der Waals surface area contributed by atoms with Crippen molar-refractivity contribution in [2.75, 3.05) is 26.3 Å². The molecule has 0 aromatic heterocycles. The number of carbonyl (C=O) groups is 3. The third-order valence-electron chi connectivity index (χ3n) is 9.16. The zero-order chi connectivity index (χ0) is 25.3. The van der Waals surface area contributed by atoms with Gasteiger partial charge in [0.2, 0.25) is 5.91 Å². The molecule has 4 fully saturated rings. The summed E-state index contributed by atoms with van der Waals surface area (Å²) in [5.74, 6) is 0.802. The molecule has 1 aromatic rings. The van der Waals surface area contributed by atoms with Gasteiger partial charge in [0.15, 0.2) is 5.78 Å². The third kappa shape index (κ3) is 5.25. The number of Topliss-reactive ketones (excluding diaryl/α,β-unsaturated/α-hetero) is 1. The van der Waals surface area contributed by atoms with E-state index in [1.807, 2.05) is 32.0 Å². The van der Waals surface area contributed by atoms with Gasteiger partial charge in [-0.15, -0.1) is 0 Å². The lowest BCUT2D eigenvalue weighted by atomic mass is 9.60. The topological polar surface area (TPSA) is 75.7 Å². The van der Waals surface area contributed by atoms with Crippen molar-refractivity contribution < 1.29 is 19.1 Å². The van der Waals surface area contributed by atoms with Gasteiger partial charge in [-0.25, -0.2) is 0 Å². The fourth-order valence-corrected chi connectivity index (χ4v) is 6.90. The average Bonchev–Trinajstić information content (AvgIpc) is 2.85. The second-order valence-corrected chi connectivity index (χ2v) is 12.3. The SMILES string of the molecule is CC(C)C(=O)C(NC(=O)c1cccc(C2CCCN(C(=O)C3CC4(COC4)C3)C2)c1)C1CCCCC1. The summed E-state index contributed by atoms with van der Waals surface area (Å²) in [5.41, 5.74) is 2.02. The van der Waals surface area contributed by atoms with Gasteiger partial charge in [0.05, 0.1) is 19.3 Å². The molecule has 2 saturated carbocycles. The van der Waals surface area contributed by atoms with E-state index in [1.165, 1.54) is 6.42 Å². The van der Waals surface area contributed by atoms with E-state index in [9.17, 15) is 14.4 Å². The molecule has 5 rings (SSSR count). The Morgan fingerprint density at radius 2 is 1.78 bits per heavy atom. The van der Waals surface area contributed by atoms with Crippen LogP contribution in [0.5, 0.6) is 0 Å². The third-order valence-corrected chi connectivity index (χ3v) is 9.16. The number of ketones is 1. The number of hydrogen-bond donors (Lipinski definition) is 1. The van der Waals surface area contributed by atoms with E-state index in [0.717, 1.165) is 83.2 Å². The van der Waals surface area contributed by atoms with Crippen LogP contribution in [0.2, 0.25) is 0 Å². The minimum absolute atomic E-state index is 0.100. The van der Waals surface area contributed by atoms with Crippen LogP contribution in [-0.4, -0.2) is 54.8 Å². The molecule has 36 heavy (non-hydrogen) atoms. The highest BCUT2D eigenvalue weighted by atomic mass is 16.5. The van der Waals surface area contributed by atoms with Crippen molar-refractivity contribution in [3.05, 3.63) is 35.4 Å². The van der Waals surface area contributed by atoms with Crippen LogP contribution in [0.3, 0.4) is 0 Å². The monoisotopic (exact) mass is 494 g/mol. The Morgan fingerprint density at radius 3 is 2.44 bits per heavy atom. The van der Waals surface area contributed by atoms with E-state index in [1.54, 1.807) is 0 Å². The highest BCUT2D eigenvalue weighted by molar-refractivity contribution is 5.98. The minimum atomic E-state index is -0.406. The molecule has 2 unspecified atom stereocenters. The molecule has 1 aromatic carbocycles. The Kier molecular flexibility index (Phi) is 7.52. The van der Waals surface area contributed by atoms with E-state index in [4.69, 9.17) is 4.74 Å². The molecule has 2 amide bonds. The number of likely N-dealkylation sites (tertiary alicyclic amines) is 1. The lowest BCUT2D eigenvalue weighted by Gasteiger charge is -2.53. The highest BCUT2D eigenvalue weighted by Crippen LogP contribution is 2.51. The van der Waals surface area contributed by atoms with Crippen LogP contribution < -0.4 is 5.32 Å². The molecule has 2 aliphatic carbocycles. The van der Waals surface area contributed by atoms with Crippen LogP contribution in [0, 0.1) is 23.2 Å². The van der Waals surface area contributed by atoms with E-state index in [0.29, 0.717) is 16.9 Å². The minimum Gasteiger partial charge on any atom is -0.380 e. The van der Waals surface area contributed by atoms with Crippen molar-refractivity contribution >= 4 is 17.6 Å². The predicted octanol–water partition coefficient (Wildman–Crippen LogP) is 4.72. The van der Waals surface area contributed by atoms with Crippen molar-refractivity contribution in [2.45, 2.75) is 83.6 Å². The van der Waals surface area contributed by atoms with Crippen molar-refractivity contribution in [2.24, 2.45) is 23.2 Å². The standard InChI is InChI=1S/C30H42N2O4/c1-20(2)27(33)26(21-8-4-3-5-9-21)31-28(34)23-11-6-10-22(14-23)24-12-7-13-32(17-24)29(35)25-15-30(16-25)18-36-19-30/h6,10-11,14,20-21,24-26H,3-5,7-9,12-13,15-19H2,1-2H3,(H,31,34). The molecule has 1 N–H and O–H groups in total. The number of piperidine rings is 1. The number of rotatable bonds is 7. The van der Waals surface area contributed by atoms with Gasteiger partial charge in [-0.2, -0.15) is 0 Å². The van der Waals surface area contributed by atoms with Gasteiger partial charge < -0.3 is 15.0 Å². The molecule has 6 nitrogen and oxygen atoms in total. The molecular formula is C30H42N2O4. The van der Waals surface area contributed by atoms with Crippen LogP contribution in [0.4, 0.5) is 0 Å². The summed E-state index contributed by atoms with van der Waals surface area (Å²) in [6.45, 7) is 7.03. The van der Waals surface area contributed by atoms with Gasteiger partial charge >= 0.3 is 0 Å². The van der Waals surface area contributed by atoms with Crippen molar-refractivity contribution in [1.82, 2.24) is 10.2 Å². The molecule has 6 heteroatoms. The van der Waals surface area contributed by atoms with E-state index in [2.05, 4.69) is 16.3 Å². The van der Waals surface area contributed by atoms with Crippen molar-refractivity contribution in [3.63, 3.8) is 0 Å². The zero-order valence-corrected chi connectivity index (χ0v) is 22.0. The fraction of sp³-hybridized carbons (Fsp3) is 0.700. The Balaban J connectivity index is 1.23. The summed E-state index contributed by atoms with van der Waals surface area (Å²) >= 11 is 0. The number of nitrogens with zero attached hydrogens (tertiary/aromatic N) is 1. The fourth-order valence-electron chi connectivity index (χ4n) is 6.90. The van der Waals surface area contributed by atoms with E-state index < -0.39 is 6.04 Å². The predicted molar refractivity (Wildman–Crippen MR) is 139 cm³/mol. The molecule has 4 aliphatic rings. The number of amides is 2. The number of benzene rings is 1. The molecule has 0 radical (unpaired) electrons. The smallest absolute Gasteiger partial charge is 0.251 e. The number of nitrogens with one attached hydrogen (secondary N) is 1. The average molecular weight is 495 g/mol. The van der Waals surface area contributed by atoms with Crippen LogP contribution in [0.25, 0.3) is 0 Å². The summed E-state index contributed by atoms with van der Waals surface area (Å²) in [6.07, 6.45) is 9.43. The molecular weight excluding hydrogens is 452 g/mol. The van der Waals surface area contributed by atoms with Crippen LogP contribution >= 0.6 is 0 Å². The largest absolute Gasteiger partial charge is 0.380 e. The molecule has 2 saturated heterocycles. The van der Waals surface area contributed by atoms with Crippen molar-refractivity contribution in [3.8, 4) is 0 Å². The molecule has 1 spiro atoms. The van der Waals surface area contributed by atoms with E-state index >= 15 is 0 Å². The number of carbonyl (C=O) groups excluding carboxylic acids is 3. The maximum absolute atomic E-state index is 13.3. The summed E-state index contributed by atoms with van der Waals surface area (Å²) in [4.78, 5) is 41.5. The summed E-state index contributed by atoms with van der Waals surface area (Å²) in [5, 5.41) is 3.13. The van der Waals surface area contributed by atoms with Gasteiger partial charge in [0, 0.05) is 41.8 Å². The zero-order valence-electron chi connectivity index (χ0n) is 22.0. The van der Waals surface area contributed by atoms with Crippen LogP contribution in [-0.2, 0) is 14.3 Å².